The van der Waals surface area contributed by atoms with Crippen LogP contribution in [-0.2, 0) is 11.4 Å². The number of rotatable bonds is 6. The number of pyridine rings is 1. The molecule has 1 aromatic heterocycles. The number of fused-ring (bicyclic) bond motifs is 1. The molecule has 2 aliphatic rings. The van der Waals surface area contributed by atoms with Gasteiger partial charge in [-0.2, -0.15) is 0 Å². The first-order chi connectivity index (χ1) is 14.3. The van der Waals surface area contributed by atoms with Crippen molar-refractivity contribution in [3.05, 3.63) is 47.8 Å². The van der Waals surface area contributed by atoms with Crippen molar-refractivity contribution in [3.8, 4) is 17.1 Å². The predicted octanol–water partition coefficient (Wildman–Crippen LogP) is 5.73. The second-order valence-corrected chi connectivity index (χ2v) is 11.1. The Morgan fingerprint density at radius 1 is 1.20 bits per heavy atom. The minimum atomic E-state index is -1.35. The molecule has 0 saturated heterocycles. The van der Waals surface area contributed by atoms with Crippen LogP contribution in [0.15, 0.2) is 40.8 Å². The highest BCUT2D eigenvalue weighted by molar-refractivity contribution is 7.91. The SMILES string of the molecule is CCC(=N[S+]([O-])C(C)(C)C)c1cc(OC2[C@H]3CCC[C@@H]23)nc(-c2ccc(F)cc2)c1. The van der Waals surface area contributed by atoms with Crippen LogP contribution in [-0.4, -0.2) is 26.1 Å². The lowest BCUT2D eigenvalue weighted by Crippen LogP contribution is -2.27. The summed E-state index contributed by atoms with van der Waals surface area (Å²) >= 11 is -1.35. The average molecular weight is 429 g/mol. The van der Waals surface area contributed by atoms with Crippen LogP contribution in [0.1, 0.15) is 58.9 Å². The summed E-state index contributed by atoms with van der Waals surface area (Å²) in [4.78, 5) is 4.71. The van der Waals surface area contributed by atoms with Crippen molar-refractivity contribution in [3.63, 3.8) is 0 Å². The van der Waals surface area contributed by atoms with E-state index in [1.54, 1.807) is 12.1 Å². The molecule has 160 valence electrons. The Morgan fingerprint density at radius 3 is 2.47 bits per heavy atom. The first-order valence-corrected chi connectivity index (χ1v) is 11.8. The summed E-state index contributed by atoms with van der Waals surface area (Å²) in [6.07, 6.45) is 4.63. The molecule has 0 spiro atoms. The Balaban J connectivity index is 1.70. The summed E-state index contributed by atoms with van der Waals surface area (Å²) in [5, 5.41) is 0. The fourth-order valence-electron chi connectivity index (χ4n) is 4.13. The molecule has 0 amide bonds. The normalized spacial score (nSPS) is 24.5. The zero-order chi connectivity index (χ0) is 21.5. The quantitative estimate of drug-likeness (QED) is 0.436. The van der Waals surface area contributed by atoms with Crippen molar-refractivity contribution in [2.75, 3.05) is 0 Å². The molecule has 4 rings (SSSR count). The van der Waals surface area contributed by atoms with Gasteiger partial charge >= 0.3 is 0 Å². The second kappa shape index (κ2) is 8.31. The highest BCUT2D eigenvalue weighted by atomic mass is 32.2. The Labute approximate surface area is 181 Å². The van der Waals surface area contributed by atoms with Crippen LogP contribution in [0.3, 0.4) is 0 Å². The summed E-state index contributed by atoms with van der Waals surface area (Å²) in [5.74, 6) is 1.58. The van der Waals surface area contributed by atoms with E-state index in [0.717, 1.165) is 16.8 Å². The van der Waals surface area contributed by atoms with Gasteiger partial charge < -0.3 is 9.29 Å². The first-order valence-electron chi connectivity index (χ1n) is 10.7. The van der Waals surface area contributed by atoms with Crippen LogP contribution in [0.25, 0.3) is 11.3 Å². The molecule has 0 N–H and O–H groups in total. The monoisotopic (exact) mass is 428 g/mol. The van der Waals surface area contributed by atoms with Gasteiger partial charge in [0, 0.05) is 29.0 Å². The Bertz CT molecular complexity index is 929. The highest BCUT2D eigenvalue weighted by Crippen LogP contribution is 2.53. The predicted molar refractivity (Wildman–Crippen MR) is 120 cm³/mol. The van der Waals surface area contributed by atoms with E-state index in [1.165, 1.54) is 31.4 Å². The van der Waals surface area contributed by atoms with E-state index in [9.17, 15) is 8.94 Å². The lowest BCUT2D eigenvalue weighted by atomic mass is 10.0. The van der Waals surface area contributed by atoms with Crippen molar-refractivity contribution in [1.29, 1.82) is 0 Å². The summed E-state index contributed by atoms with van der Waals surface area (Å²) in [6.45, 7) is 7.74. The number of aromatic nitrogens is 1. The maximum Gasteiger partial charge on any atom is 0.214 e. The Hall–Kier alpha value is -1.92. The van der Waals surface area contributed by atoms with Crippen LogP contribution in [0.2, 0.25) is 0 Å². The number of nitrogens with zero attached hydrogens (tertiary/aromatic N) is 2. The number of hydrogen-bond donors (Lipinski definition) is 0. The molecule has 30 heavy (non-hydrogen) atoms. The summed E-state index contributed by atoms with van der Waals surface area (Å²) in [7, 11) is 0. The minimum absolute atomic E-state index is 0.244. The third kappa shape index (κ3) is 4.54. The zero-order valence-corrected chi connectivity index (χ0v) is 18.8. The maximum atomic E-state index is 13.4. The number of halogens is 1. The molecule has 2 unspecified atom stereocenters. The van der Waals surface area contributed by atoms with E-state index >= 15 is 0 Å². The van der Waals surface area contributed by atoms with E-state index in [4.69, 9.17) is 9.72 Å². The lowest BCUT2D eigenvalue weighted by Gasteiger charge is -2.19. The number of hydrogen-bond acceptors (Lipinski definition) is 4. The lowest BCUT2D eigenvalue weighted by molar-refractivity contribution is 0.248. The van der Waals surface area contributed by atoms with Gasteiger partial charge in [0.15, 0.2) is 0 Å². The van der Waals surface area contributed by atoms with Crippen LogP contribution < -0.4 is 4.74 Å². The third-order valence-electron chi connectivity index (χ3n) is 5.91. The molecule has 4 nitrogen and oxygen atoms in total. The topological polar surface area (TPSA) is 57.5 Å². The van der Waals surface area contributed by atoms with Crippen molar-refractivity contribution in [2.24, 2.45) is 16.2 Å². The smallest absolute Gasteiger partial charge is 0.214 e. The standard InChI is InChI=1S/C24H29FN2O2S/c1-5-20(27-30(28)24(2,3)4)16-13-21(15-9-11-17(25)12-10-15)26-22(14-16)29-23-18-7-6-8-19(18)23/h9-14,18-19,23H,5-8H2,1-4H3/t18-,19+,23?,30?. The molecule has 0 radical (unpaired) electrons. The van der Waals surface area contributed by atoms with Crippen LogP contribution >= 0.6 is 0 Å². The van der Waals surface area contributed by atoms with Crippen LogP contribution in [0, 0.1) is 17.7 Å². The molecule has 2 saturated carbocycles. The number of ether oxygens (including phenoxy) is 1. The fraction of sp³-hybridized carbons (Fsp3) is 0.500. The van der Waals surface area contributed by atoms with E-state index in [-0.39, 0.29) is 11.9 Å². The first kappa shape index (κ1) is 21.3. The highest BCUT2D eigenvalue weighted by Gasteiger charge is 2.55. The summed E-state index contributed by atoms with van der Waals surface area (Å²) in [5.41, 5.74) is 3.13. The molecule has 6 heteroatoms. The maximum absolute atomic E-state index is 13.4. The van der Waals surface area contributed by atoms with Gasteiger partial charge in [-0.15, -0.1) is 0 Å². The largest absolute Gasteiger partial charge is 0.591 e. The van der Waals surface area contributed by atoms with Gasteiger partial charge in [-0.05, 0) is 70.4 Å². The van der Waals surface area contributed by atoms with E-state index < -0.39 is 16.1 Å². The van der Waals surface area contributed by atoms with Crippen molar-refractivity contribution >= 4 is 17.1 Å². The van der Waals surface area contributed by atoms with E-state index in [2.05, 4.69) is 4.40 Å². The molecule has 0 aliphatic heterocycles. The van der Waals surface area contributed by atoms with Gasteiger partial charge in [-0.1, -0.05) is 17.7 Å². The molecule has 0 bridgehead atoms. The second-order valence-electron chi connectivity index (χ2n) is 9.18. The summed E-state index contributed by atoms with van der Waals surface area (Å²) in [6, 6.07) is 10.1. The van der Waals surface area contributed by atoms with Gasteiger partial charge in [0.25, 0.3) is 0 Å². The average Bonchev–Trinajstić information content (AvgIpc) is 3.11. The van der Waals surface area contributed by atoms with E-state index in [1.807, 2.05) is 39.8 Å². The molecule has 2 aliphatic carbocycles. The Kier molecular flexibility index (Phi) is 5.90. The van der Waals surface area contributed by atoms with Gasteiger partial charge in [0.05, 0.1) is 11.4 Å². The third-order valence-corrected chi connectivity index (χ3v) is 7.35. The molecule has 2 aromatic rings. The van der Waals surface area contributed by atoms with Crippen molar-refractivity contribution in [2.45, 2.75) is 64.2 Å². The van der Waals surface area contributed by atoms with Gasteiger partial charge in [-0.25, -0.2) is 9.37 Å². The van der Waals surface area contributed by atoms with E-state index in [0.29, 0.717) is 29.8 Å². The molecule has 2 fully saturated rings. The fourth-order valence-corrected chi connectivity index (χ4v) is 4.84. The molecular weight excluding hydrogens is 399 g/mol. The van der Waals surface area contributed by atoms with Gasteiger partial charge in [-0.3, -0.25) is 0 Å². The zero-order valence-electron chi connectivity index (χ0n) is 18.0. The van der Waals surface area contributed by atoms with Crippen molar-refractivity contribution in [1.82, 2.24) is 4.98 Å². The Morgan fingerprint density at radius 2 is 1.87 bits per heavy atom. The van der Waals surface area contributed by atoms with Crippen LogP contribution in [0.4, 0.5) is 4.39 Å². The van der Waals surface area contributed by atoms with Gasteiger partial charge in [0.1, 0.15) is 28.0 Å². The summed E-state index contributed by atoms with van der Waals surface area (Å²) < 4.78 is 36.4. The van der Waals surface area contributed by atoms with Gasteiger partial charge in [0.2, 0.25) is 5.88 Å². The molecule has 4 atom stereocenters. The van der Waals surface area contributed by atoms with Crippen molar-refractivity contribution < 1.29 is 13.7 Å². The molecule has 1 heterocycles. The molecular formula is C24H29FN2O2S. The minimum Gasteiger partial charge on any atom is -0.591 e. The number of benzene rings is 1. The molecule has 1 aromatic carbocycles. The van der Waals surface area contributed by atoms with Crippen LogP contribution in [0.5, 0.6) is 5.88 Å².